The molecule has 4 aromatic rings. The van der Waals surface area contributed by atoms with E-state index in [0.717, 1.165) is 44.1 Å². The van der Waals surface area contributed by atoms with Crippen LogP contribution in [0.4, 0.5) is 15.9 Å². The Morgan fingerprint density at radius 2 is 1.44 bits per heavy atom. The van der Waals surface area contributed by atoms with Gasteiger partial charge in [-0.15, -0.1) is 0 Å². The number of carbonyl (C=O) groups is 1. The van der Waals surface area contributed by atoms with Gasteiger partial charge in [0.05, 0.1) is 5.69 Å². The van der Waals surface area contributed by atoms with Gasteiger partial charge in [0.2, 0.25) is 0 Å². The topological polar surface area (TPSA) is 55.8 Å². The Morgan fingerprint density at radius 1 is 0.767 bits per heavy atom. The number of aromatic nitrogens is 2. The molecule has 0 atom stereocenters. The molecule has 0 radical (unpaired) electrons. The van der Waals surface area contributed by atoms with E-state index < -0.39 is 0 Å². The van der Waals surface area contributed by atoms with Crippen molar-refractivity contribution in [3.8, 4) is 0 Å². The van der Waals surface area contributed by atoms with Crippen molar-refractivity contribution in [2.24, 2.45) is 0 Å². The van der Waals surface area contributed by atoms with Crippen molar-refractivity contribution in [3.05, 3.63) is 113 Å². The molecule has 3 heterocycles. The zero-order valence-electron chi connectivity index (χ0n) is 23.9. The van der Waals surface area contributed by atoms with Crippen molar-refractivity contribution in [1.29, 1.82) is 0 Å². The molecule has 0 saturated carbocycles. The lowest BCUT2D eigenvalue weighted by atomic mass is 10.1. The third kappa shape index (κ3) is 7.47. The van der Waals surface area contributed by atoms with Crippen LogP contribution < -0.4 is 9.80 Å². The normalized spacial score (nSPS) is 16.0. The highest BCUT2D eigenvalue weighted by molar-refractivity contribution is 7.98. The second kappa shape index (κ2) is 13.8. The summed E-state index contributed by atoms with van der Waals surface area (Å²) in [6, 6.07) is 26.9. The molecular formula is C33H34ClFN6OS. The summed E-state index contributed by atoms with van der Waals surface area (Å²) in [4.78, 5) is 30.9. The number of rotatable bonds is 8. The van der Waals surface area contributed by atoms with Crippen molar-refractivity contribution in [2.45, 2.75) is 17.5 Å². The van der Waals surface area contributed by atoms with Gasteiger partial charge in [-0.25, -0.2) is 14.4 Å². The van der Waals surface area contributed by atoms with Crippen molar-refractivity contribution in [3.63, 3.8) is 0 Å². The van der Waals surface area contributed by atoms with Crippen LogP contribution in [0.3, 0.4) is 0 Å². The average Bonchev–Trinajstić information content (AvgIpc) is 3.05. The van der Waals surface area contributed by atoms with Gasteiger partial charge < -0.3 is 14.7 Å². The minimum atomic E-state index is -0.229. The number of carbonyl (C=O) groups excluding carboxylic acids is 1. The molecule has 0 spiro atoms. The summed E-state index contributed by atoms with van der Waals surface area (Å²) < 4.78 is 14.2. The number of thioether (sulfide) groups is 1. The van der Waals surface area contributed by atoms with Gasteiger partial charge in [-0.1, -0.05) is 78.0 Å². The largest absolute Gasteiger partial charge is 0.366 e. The van der Waals surface area contributed by atoms with E-state index >= 15 is 0 Å². The Hall–Kier alpha value is -3.66. The minimum Gasteiger partial charge on any atom is -0.366 e. The Labute approximate surface area is 261 Å². The Kier molecular flexibility index (Phi) is 9.41. The van der Waals surface area contributed by atoms with Gasteiger partial charge in [-0.05, 0) is 35.4 Å². The summed E-state index contributed by atoms with van der Waals surface area (Å²) in [5, 5.41) is 1.08. The molecule has 0 unspecified atom stereocenters. The molecule has 43 heavy (non-hydrogen) atoms. The minimum absolute atomic E-state index is 0.000862. The number of benzene rings is 3. The van der Waals surface area contributed by atoms with Gasteiger partial charge in [0, 0.05) is 76.3 Å². The van der Waals surface area contributed by atoms with Gasteiger partial charge in [0.1, 0.15) is 16.8 Å². The third-order valence-electron chi connectivity index (χ3n) is 7.93. The van der Waals surface area contributed by atoms with E-state index in [0.29, 0.717) is 53.5 Å². The second-order valence-electron chi connectivity index (χ2n) is 10.8. The second-order valence-corrected chi connectivity index (χ2v) is 12.1. The van der Waals surface area contributed by atoms with Gasteiger partial charge in [-0.3, -0.25) is 9.69 Å². The summed E-state index contributed by atoms with van der Waals surface area (Å²) in [7, 11) is 0. The van der Waals surface area contributed by atoms with Crippen molar-refractivity contribution < 1.29 is 9.18 Å². The van der Waals surface area contributed by atoms with E-state index in [1.165, 1.54) is 23.4 Å². The quantitative estimate of drug-likeness (QED) is 0.140. The lowest BCUT2D eigenvalue weighted by molar-refractivity contribution is 0.0746. The first-order valence-electron chi connectivity index (χ1n) is 14.6. The summed E-state index contributed by atoms with van der Waals surface area (Å²) in [5.74, 6) is 1.30. The number of amides is 1. The molecule has 2 fully saturated rings. The van der Waals surface area contributed by atoms with Crippen LogP contribution in [0.1, 0.15) is 21.5 Å². The number of hydrogen-bond acceptors (Lipinski definition) is 7. The Balaban J connectivity index is 0.997. The average molecular weight is 617 g/mol. The monoisotopic (exact) mass is 616 g/mol. The van der Waals surface area contributed by atoms with E-state index in [4.69, 9.17) is 16.6 Å². The molecule has 7 nitrogen and oxygen atoms in total. The van der Waals surface area contributed by atoms with Crippen LogP contribution in [0.15, 0.2) is 90.1 Å². The molecule has 2 aliphatic heterocycles. The van der Waals surface area contributed by atoms with Gasteiger partial charge >= 0.3 is 0 Å². The lowest BCUT2D eigenvalue weighted by Crippen LogP contribution is -2.49. The Morgan fingerprint density at radius 3 is 2.16 bits per heavy atom. The van der Waals surface area contributed by atoms with Gasteiger partial charge in [0.25, 0.3) is 5.91 Å². The molecular weight excluding hydrogens is 583 g/mol. The van der Waals surface area contributed by atoms with Crippen LogP contribution in [-0.4, -0.2) is 78.0 Å². The van der Waals surface area contributed by atoms with Crippen LogP contribution in [0.25, 0.3) is 0 Å². The lowest BCUT2D eigenvalue weighted by Gasteiger charge is -2.36. The summed E-state index contributed by atoms with van der Waals surface area (Å²) >= 11 is 7.94. The van der Waals surface area contributed by atoms with Crippen molar-refractivity contribution in [2.75, 3.05) is 62.2 Å². The predicted octanol–water partition coefficient (Wildman–Crippen LogP) is 5.85. The molecule has 6 rings (SSSR count). The fraction of sp³-hybridized carbons (Fsp3) is 0.303. The van der Waals surface area contributed by atoms with Crippen LogP contribution >= 0.6 is 23.4 Å². The van der Waals surface area contributed by atoms with E-state index in [2.05, 4.69) is 39.0 Å². The number of anilines is 2. The highest BCUT2D eigenvalue weighted by atomic mass is 35.5. The summed E-state index contributed by atoms with van der Waals surface area (Å²) in [6.07, 6.45) is 0. The molecule has 1 aromatic heterocycles. The number of nitrogens with zero attached hydrogens (tertiary/aromatic N) is 6. The van der Waals surface area contributed by atoms with Crippen LogP contribution in [0, 0.1) is 5.82 Å². The van der Waals surface area contributed by atoms with E-state index in [9.17, 15) is 9.18 Å². The first-order valence-corrected chi connectivity index (χ1v) is 15.9. The fourth-order valence-electron chi connectivity index (χ4n) is 5.52. The van der Waals surface area contributed by atoms with Crippen LogP contribution in [0.2, 0.25) is 5.15 Å². The first kappa shape index (κ1) is 29.4. The SMILES string of the molecule is O=C(c1ccc(CSc2nc(Cl)cc(N3CCN(Cc4ccccc4)CC3)n2)cc1)N1CCN(c2ccccc2F)CC1. The maximum absolute atomic E-state index is 14.2. The third-order valence-corrected chi connectivity index (χ3v) is 9.05. The molecule has 222 valence electrons. The van der Waals surface area contributed by atoms with E-state index in [1.54, 1.807) is 12.1 Å². The molecule has 10 heteroatoms. The number of hydrogen-bond donors (Lipinski definition) is 0. The number of para-hydroxylation sites is 1. The predicted molar refractivity (Wildman–Crippen MR) is 171 cm³/mol. The molecule has 0 aliphatic carbocycles. The van der Waals surface area contributed by atoms with Crippen LogP contribution in [-0.2, 0) is 12.3 Å². The van der Waals surface area contributed by atoms with E-state index in [-0.39, 0.29) is 11.7 Å². The zero-order chi connectivity index (χ0) is 29.6. The number of halogens is 2. The molecule has 3 aromatic carbocycles. The van der Waals surface area contributed by atoms with Crippen LogP contribution in [0.5, 0.6) is 0 Å². The highest BCUT2D eigenvalue weighted by Crippen LogP contribution is 2.26. The molecule has 0 bridgehead atoms. The summed E-state index contributed by atoms with van der Waals surface area (Å²) in [5.41, 5.74) is 3.65. The van der Waals surface area contributed by atoms with Crippen molar-refractivity contribution in [1.82, 2.24) is 19.8 Å². The first-order chi connectivity index (χ1) is 21.0. The Bertz CT molecular complexity index is 1530. The standard InChI is InChI=1S/C33H34ClFN6OS/c34-30-22-31(40-16-14-38(15-17-40)23-25-6-2-1-3-7-25)37-33(36-30)43-24-26-10-12-27(13-11-26)32(42)41-20-18-39(19-21-41)29-9-5-4-8-28(29)35/h1-13,22H,14-21,23-24H2. The number of piperazine rings is 2. The molecule has 2 aliphatic rings. The van der Waals surface area contributed by atoms with Gasteiger partial charge in [0.15, 0.2) is 5.16 Å². The molecule has 0 N–H and O–H groups in total. The zero-order valence-corrected chi connectivity index (χ0v) is 25.5. The van der Waals surface area contributed by atoms with Crippen molar-refractivity contribution >= 4 is 40.8 Å². The molecule has 1 amide bonds. The van der Waals surface area contributed by atoms with Gasteiger partial charge in [-0.2, -0.15) is 0 Å². The maximum Gasteiger partial charge on any atom is 0.253 e. The smallest absolute Gasteiger partial charge is 0.253 e. The maximum atomic E-state index is 14.2. The fourth-order valence-corrected chi connectivity index (χ4v) is 6.56. The summed E-state index contributed by atoms with van der Waals surface area (Å²) in [6.45, 7) is 6.98. The van der Waals surface area contributed by atoms with E-state index in [1.807, 2.05) is 52.3 Å². The molecule has 2 saturated heterocycles. The highest BCUT2D eigenvalue weighted by Gasteiger charge is 2.24.